The van der Waals surface area contributed by atoms with Crippen molar-refractivity contribution in [1.29, 1.82) is 0 Å². The largest absolute Gasteiger partial charge is 0.496 e. The summed E-state index contributed by atoms with van der Waals surface area (Å²) in [5, 5.41) is 0. The summed E-state index contributed by atoms with van der Waals surface area (Å²) in [6.45, 7) is 0.560. The van der Waals surface area contributed by atoms with Gasteiger partial charge in [-0.3, -0.25) is 0 Å². The molecule has 0 unspecified atom stereocenters. The Kier molecular flexibility index (Phi) is 4.87. The molecule has 0 heterocycles. The molecule has 1 aliphatic rings. The standard InChI is InChI=1S/C15H22BrNO2/c1-18-10-11-8-12(16)9-13(19-2)14(11)15(17)6-4-3-5-7-15/h8-9H,3-7,10,17H2,1-2H3. The van der Waals surface area contributed by atoms with Gasteiger partial charge in [-0.25, -0.2) is 0 Å². The van der Waals surface area contributed by atoms with Gasteiger partial charge >= 0.3 is 0 Å². The Bertz CT molecular complexity index is 442. The van der Waals surface area contributed by atoms with E-state index in [1.165, 1.54) is 19.3 Å². The van der Waals surface area contributed by atoms with E-state index in [0.717, 1.165) is 34.2 Å². The molecule has 1 aliphatic carbocycles. The average Bonchev–Trinajstić information content (AvgIpc) is 2.38. The predicted octanol–water partition coefficient (Wildman–Crippen LogP) is 3.72. The number of benzene rings is 1. The second-order valence-electron chi connectivity index (χ2n) is 5.29. The Morgan fingerprint density at radius 2 is 1.89 bits per heavy atom. The van der Waals surface area contributed by atoms with Gasteiger partial charge in [0.1, 0.15) is 5.75 Å². The third kappa shape index (κ3) is 3.12. The molecule has 19 heavy (non-hydrogen) atoms. The summed E-state index contributed by atoms with van der Waals surface area (Å²) in [5.41, 5.74) is 8.66. The second-order valence-corrected chi connectivity index (χ2v) is 6.21. The second kappa shape index (κ2) is 6.25. The quantitative estimate of drug-likeness (QED) is 0.916. The fourth-order valence-corrected chi connectivity index (χ4v) is 3.55. The van der Waals surface area contributed by atoms with Gasteiger partial charge in [0.15, 0.2) is 0 Å². The third-order valence-corrected chi connectivity index (χ3v) is 4.37. The first-order valence-electron chi connectivity index (χ1n) is 6.75. The maximum atomic E-state index is 6.69. The van der Waals surface area contributed by atoms with Gasteiger partial charge in [-0.05, 0) is 30.5 Å². The molecule has 0 aliphatic heterocycles. The molecular weight excluding hydrogens is 306 g/mol. The molecule has 0 atom stereocenters. The van der Waals surface area contributed by atoms with E-state index in [0.29, 0.717) is 6.61 Å². The van der Waals surface area contributed by atoms with Gasteiger partial charge in [0, 0.05) is 22.7 Å². The Balaban J connectivity index is 2.51. The van der Waals surface area contributed by atoms with Crippen molar-refractivity contribution in [1.82, 2.24) is 0 Å². The lowest BCUT2D eigenvalue weighted by Crippen LogP contribution is -2.40. The molecule has 0 amide bonds. The molecular formula is C15H22BrNO2. The number of ether oxygens (including phenoxy) is 2. The van der Waals surface area contributed by atoms with Crippen LogP contribution in [0.15, 0.2) is 16.6 Å². The van der Waals surface area contributed by atoms with Crippen LogP contribution in [-0.2, 0) is 16.9 Å². The Labute approximate surface area is 123 Å². The average molecular weight is 328 g/mol. The van der Waals surface area contributed by atoms with E-state index in [9.17, 15) is 0 Å². The first-order valence-corrected chi connectivity index (χ1v) is 7.55. The number of nitrogens with two attached hydrogens (primary N) is 1. The third-order valence-electron chi connectivity index (χ3n) is 3.91. The van der Waals surface area contributed by atoms with Gasteiger partial charge in [0.2, 0.25) is 0 Å². The fourth-order valence-electron chi connectivity index (χ4n) is 3.06. The highest BCUT2D eigenvalue weighted by molar-refractivity contribution is 9.10. The molecule has 1 fully saturated rings. The van der Waals surface area contributed by atoms with Gasteiger partial charge in [0.25, 0.3) is 0 Å². The van der Waals surface area contributed by atoms with Crippen LogP contribution in [-0.4, -0.2) is 14.2 Å². The van der Waals surface area contributed by atoms with Crippen molar-refractivity contribution < 1.29 is 9.47 Å². The van der Waals surface area contributed by atoms with Crippen molar-refractivity contribution in [2.45, 2.75) is 44.2 Å². The normalized spacial score (nSPS) is 18.3. The molecule has 0 aromatic heterocycles. The van der Waals surface area contributed by atoms with Crippen molar-refractivity contribution in [3.05, 3.63) is 27.7 Å². The van der Waals surface area contributed by atoms with E-state index in [4.69, 9.17) is 15.2 Å². The summed E-state index contributed by atoms with van der Waals surface area (Å²) in [6.07, 6.45) is 5.67. The van der Waals surface area contributed by atoms with Crippen molar-refractivity contribution in [2.75, 3.05) is 14.2 Å². The van der Waals surface area contributed by atoms with E-state index < -0.39 is 0 Å². The molecule has 0 bridgehead atoms. The minimum atomic E-state index is -0.280. The van der Waals surface area contributed by atoms with Crippen LogP contribution in [0, 0.1) is 0 Å². The monoisotopic (exact) mass is 327 g/mol. The summed E-state index contributed by atoms with van der Waals surface area (Å²) in [6, 6.07) is 4.09. The summed E-state index contributed by atoms with van der Waals surface area (Å²) in [7, 11) is 3.41. The summed E-state index contributed by atoms with van der Waals surface area (Å²) >= 11 is 3.52. The zero-order chi connectivity index (χ0) is 13.9. The zero-order valence-corrected chi connectivity index (χ0v) is 13.3. The number of rotatable bonds is 4. The van der Waals surface area contributed by atoms with Gasteiger partial charge < -0.3 is 15.2 Å². The number of hydrogen-bond donors (Lipinski definition) is 1. The molecule has 0 radical (unpaired) electrons. The van der Waals surface area contributed by atoms with Crippen LogP contribution in [0.25, 0.3) is 0 Å². The van der Waals surface area contributed by atoms with Crippen LogP contribution < -0.4 is 10.5 Å². The van der Waals surface area contributed by atoms with Gasteiger partial charge in [0.05, 0.1) is 13.7 Å². The number of hydrogen-bond acceptors (Lipinski definition) is 3. The SMILES string of the molecule is COCc1cc(Br)cc(OC)c1C1(N)CCCCC1. The lowest BCUT2D eigenvalue weighted by molar-refractivity contribution is 0.180. The summed E-state index contributed by atoms with van der Waals surface area (Å²) in [5.74, 6) is 0.867. The van der Waals surface area contributed by atoms with Gasteiger partial charge in [-0.1, -0.05) is 35.2 Å². The van der Waals surface area contributed by atoms with Crippen LogP contribution >= 0.6 is 15.9 Å². The highest BCUT2D eigenvalue weighted by Gasteiger charge is 2.34. The van der Waals surface area contributed by atoms with E-state index in [2.05, 4.69) is 22.0 Å². The number of halogens is 1. The van der Waals surface area contributed by atoms with Crippen molar-refractivity contribution >= 4 is 15.9 Å². The Hall–Kier alpha value is -0.580. The van der Waals surface area contributed by atoms with E-state index >= 15 is 0 Å². The van der Waals surface area contributed by atoms with Crippen molar-refractivity contribution in [3.8, 4) is 5.75 Å². The molecule has 0 spiro atoms. The van der Waals surface area contributed by atoms with E-state index in [1.54, 1.807) is 14.2 Å². The van der Waals surface area contributed by atoms with Crippen molar-refractivity contribution in [3.63, 3.8) is 0 Å². The van der Waals surface area contributed by atoms with E-state index in [-0.39, 0.29) is 5.54 Å². The maximum absolute atomic E-state index is 6.69. The Morgan fingerprint density at radius 3 is 2.47 bits per heavy atom. The topological polar surface area (TPSA) is 44.5 Å². The lowest BCUT2D eigenvalue weighted by Gasteiger charge is -2.36. The van der Waals surface area contributed by atoms with Crippen LogP contribution in [0.5, 0.6) is 5.75 Å². The highest BCUT2D eigenvalue weighted by Crippen LogP contribution is 2.42. The van der Waals surface area contributed by atoms with Crippen LogP contribution in [0.4, 0.5) is 0 Å². The molecule has 2 N–H and O–H groups in total. The molecule has 1 aromatic rings. The fraction of sp³-hybridized carbons (Fsp3) is 0.600. The zero-order valence-electron chi connectivity index (χ0n) is 11.7. The molecule has 4 heteroatoms. The van der Waals surface area contributed by atoms with Crippen LogP contribution in [0.1, 0.15) is 43.2 Å². The predicted molar refractivity (Wildman–Crippen MR) is 80.4 cm³/mol. The maximum Gasteiger partial charge on any atom is 0.125 e. The van der Waals surface area contributed by atoms with E-state index in [1.807, 2.05) is 6.07 Å². The smallest absolute Gasteiger partial charge is 0.125 e. The first-order chi connectivity index (χ1) is 9.10. The minimum absolute atomic E-state index is 0.280. The lowest BCUT2D eigenvalue weighted by atomic mass is 9.75. The van der Waals surface area contributed by atoms with Crippen LogP contribution in [0.3, 0.4) is 0 Å². The van der Waals surface area contributed by atoms with Crippen LogP contribution in [0.2, 0.25) is 0 Å². The van der Waals surface area contributed by atoms with Gasteiger partial charge in [-0.2, -0.15) is 0 Å². The minimum Gasteiger partial charge on any atom is -0.496 e. The number of methoxy groups -OCH3 is 2. The first kappa shape index (κ1) is 14.8. The highest BCUT2D eigenvalue weighted by atomic mass is 79.9. The molecule has 0 saturated heterocycles. The molecule has 1 saturated carbocycles. The Morgan fingerprint density at radius 1 is 1.21 bits per heavy atom. The summed E-state index contributed by atoms with van der Waals surface area (Å²) < 4.78 is 11.9. The summed E-state index contributed by atoms with van der Waals surface area (Å²) in [4.78, 5) is 0. The molecule has 106 valence electrons. The molecule has 1 aromatic carbocycles. The van der Waals surface area contributed by atoms with Gasteiger partial charge in [-0.15, -0.1) is 0 Å². The molecule has 3 nitrogen and oxygen atoms in total. The molecule has 2 rings (SSSR count). The van der Waals surface area contributed by atoms with Crippen molar-refractivity contribution in [2.24, 2.45) is 5.73 Å².